The molecule has 0 saturated carbocycles. The zero-order valence-corrected chi connectivity index (χ0v) is 24.1. The van der Waals surface area contributed by atoms with Crippen LogP contribution in [0.5, 0.6) is 11.6 Å². The molecule has 41 heavy (non-hydrogen) atoms. The molecule has 0 saturated heterocycles. The topological polar surface area (TPSA) is 147 Å². The van der Waals surface area contributed by atoms with Crippen LogP contribution in [-0.2, 0) is 13.1 Å². The van der Waals surface area contributed by atoms with Gasteiger partial charge in [-0.15, -0.1) is 0 Å². The number of rotatable bonds is 13. The van der Waals surface area contributed by atoms with Crippen LogP contribution in [-0.4, -0.2) is 45.4 Å². The molecule has 0 spiro atoms. The van der Waals surface area contributed by atoms with Crippen LogP contribution < -0.4 is 31.0 Å². The van der Waals surface area contributed by atoms with Gasteiger partial charge in [0, 0.05) is 31.0 Å². The van der Waals surface area contributed by atoms with Crippen LogP contribution in [0.2, 0.25) is 0 Å². The van der Waals surface area contributed by atoms with Crippen molar-refractivity contribution in [2.45, 2.75) is 46.8 Å². The molecule has 0 bridgehead atoms. The molecule has 5 N–H and O–H groups in total. The van der Waals surface area contributed by atoms with Crippen molar-refractivity contribution in [2.75, 3.05) is 29.4 Å². The minimum atomic E-state index is 0.0840. The number of ether oxygens (including phenoxy) is 2. The highest BCUT2D eigenvalue weighted by Gasteiger charge is 2.23. The number of nitrogens with two attached hydrogens (primary N) is 1. The monoisotopic (exact) mass is 555 g/mol. The molecule has 11 nitrogen and oxygen atoms in total. The van der Waals surface area contributed by atoms with Gasteiger partial charge in [0.05, 0.1) is 48.6 Å². The fourth-order valence-electron chi connectivity index (χ4n) is 4.36. The van der Waals surface area contributed by atoms with E-state index in [1.165, 1.54) is 0 Å². The smallest absolute Gasteiger partial charge is 0.222 e. The average Bonchev–Trinajstić information content (AvgIpc) is 2.97. The van der Waals surface area contributed by atoms with E-state index >= 15 is 0 Å². The largest absolute Gasteiger partial charge is 0.497 e. The number of anilines is 3. The Morgan fingerprint density at radius 2 is 1.83 bits per heavy atom. The Kier molecular flexibility index (Phi) is 9.64. The summed E-state index contributed by atoms with van der Waals surface area (Å²) in [6.45, 7) is 9.12. The maximum Gasteiger partial charge on any atom is 0.222 e. The molecule has 0 unspecified atom stereocenters. The third kappa shape index (κ3) is 7.25. The third-order valence-corrected chi connectivity index (χ3v) is 6.17. The maximum atomic E-state index is 8.66. The van der Waals surface area contributed by atoms with Gasteiger partial charge in [0.1, 0.15) is 23.1 Å². The first-order valence-corrected chi connectivity index (χ1v) is 13.4. The van der Waals surface area contributed by atoms with Gasteiger partial charge in [0.15, 0.2) is 0 Å². The number of nitrogens with one attached hydrogen (secondary N) is 3. The molecular weight excluding hydrogens is 518 g/mol. The predicted molar refractivity (Wildman–Crippen MR) is 163 cm³/mol. The third-order valence-electron chi connectivity index (χ3n) is 6.17. The maximum absolute atomic E-state index is 8.66. The molecule has 0 aliphatic carbocycles. The second kappa shape index (κ2) is 13.5. The van der Waals surface area contributed by atoms with E-state index in [4.69, 9.17) is 25.7 Å². The lowest BCUT2D eigenvalue weighted by atomic mass is 10.1. The van der Waals surface area contributed by atoms with E-state index in [0.717, 1.165) is 28.3 Å². The Morgan fingerprint density at radius 3 is 2.49 bits per heavy atom. The summed E-state index contributed by atoms with van der Waals surface area (Å²) in [5, 5.41) is 12.2. The molecule has 0 amide bonds. The van der Waals surface area contributed by atoms with Gasteiger partial charge < -0.3 is 30.5 Å². The molecule has 0 aliphatic rings. The Balaban J connectivity index is 1.94. The van der Waals surface area contributed by atoms with Crippen molar-refractivity contribution in [1.29, 1.82) is 5.41 Å². The first kappa shape index (κ1) is 29.2. The van der Waals surface area contributed by atoms with Gasteiger partial charge in [-0.25, -0.2) is 25.8 Å². The van der Waals surface area contributed by atoms with Crippen LogP contribution in [0.4, 0.5) is 17.2 Å². The van der Waals surface area contributed by atoms with Gasteiger partial charge in [-0.1, -0.05) is 12.1 Å². The van der Waals surface area contributed by atoms with Crippen molar-refractivity contribution >= 4 is 22.9 Å². The van der Waals surface area contributed by atoms with Gasteiger partial charge in [-0.3, -0.25) is 0 Å². The number of hydrogen-bond acceptors (Lipinski definition) is 11. The van der Waals surface area contributed by atoms with Crippen molar-refractivity contribution in [3.8, 4) is 22.9 Å². The SMILES string of the molecule is CCOc1ncccc1-c1cc(N(Cc2ccc(OC)cc2)Cc2nccc(NN)n2)c(NC(C)C)c(C(C)=N)n1. The number of nitrogen functional groups attached to an aromatic ring is 1. The number of nitrogens with zero attached hydrogens (tertiary/aromatic N) is 5. The molecule has 214 valence electrons. The normalized spacial score (nSPS) is 10.8. The van der Waals surface area contributed by atoms with E-state index in [-0.39, 0.29) is 6.04 Å². The number of aromatic nitrogens is 4. The van der Waals surface area contributed by atoms with Crippen molar-refractivity contribution in [2.24, 2.45) is 5.84 Å². The second-order valence-electron chi connectivity index (χ2n) is 9.67. The molecule has 4 aromatic rings. The highest BCUT2D eigenvalue weighted by molar-refractivity contribution is 6.03. The molecule has 0 radical (unpaired) electrons. The second-order valence-corrected chi connectivity index (χ2v) is 9.67. The highest BCUT2D eigenvalue weighted by atomic mass is 16.5. The van der Waals surface area contributed by atoms with E-state index in [1.807, 2.05) is 49.4 Å². The summed E-state index contributed by atoms with van der Waals surface area (Å²) in [6, 6.07) is 15.5. The lowest BCUT2D eigenvalue weighted by Gasteiger charge is -2.30. The lowest BCUT2D eigenvalue weighted by molar-refractivity contribution is 0.328. The molecule has 11 heteroatoms. The minimum Gasteiger partial charge on any atom is -0.497 e. The van der Waals surface area contributed by atoms with E-state index < -0.39 is 0 Å². The molecular formula is C30H37N9O2. The van der Waals surface area contributed by atoms with Crippen LogP contribution in [0.1, 0.15) is 44.8 Å². The summed E-state index contributed by atoms with van der Waals surface area (Å²) >= 11 is 0. The molecule has 3 heterocycles. The van der Waals surface area contributed by atoms with Crippen LogP contribution in [0.25, 0.3) is 11.3 Å². The zero-order chi connectivity index (χ0) is 29.4. The van der Waals surface area contributed by atoms with E-state index in [2.05, 4.69) is 44.4 Å². The Bertz CT molecular complexity index is 1480. The number of pyridine rings is 2. The highest BCUT2D eigenvalue weighted by Crippen LogP contribution is 2.38. The van der Waals surface area contributed by atoms with Crippen LogP contribution in [0.15, 0.2) is 60.9 Å². The zero-order valence-electron chi connectivity index (χ0n) is 24.1. The van der Waals surface area contributed by atoms with Crippen molar-refractivity contribution < 1.29 is 9.47 Å². The molecule has 0 aliphatic heterocycles. The summed E-state index contributed by atoms with van der Waals surface area (Å²) < 4.78 is 11.2. The summed E-state index contributed by atoms with van der Waals surface area (Å²) in [4.78, 5) is 20.6. The summed E-state index contributed by atoms with van der Waals surface area (Å²) in [5.74, 6) is 8.00. The average molecular weight is 556 g/mol. The molecule has 1 aromatic carbocycles. The lowest BCUT2D eigenvalue weighted by Crippen LogP contribution is -2.27. The summed E-state index contributed by atoms with van der Waals surface area (Å²) in [6.07, 6.45) is 3.37. The fourth-order valence-corrected chi connectivity index (χ4v) is 4.36. The van der Waals surface area contributed by atoms with Gasteiger partial charge >= 0.3 is 0 Å². The molecule has 4 rings (SSSR count). The van der Waals surface area contributed by atoms with Crippen LogP contribution in [0.3, 0.4) is 0 Å². The predicted octanol–water partition coefficient (Wildman–Crippen LogP) is 5.04. The standard InChI is InChI=1S/C30H37N9O2/c1-6-41-30-23(8-7-14-34-30)24-16-25(29(35-19(2)3)28(36-24)20(4)31)39(17-21-9-11-22(40-5)12-10-21)18-27-33-15-13-26(37-27)38-32/h7-16,19,31,35H,6,17-18,32H2,1-5H3,(H,33,37,38). The van der Waals surface area contributed by atoms with E-state index in [0.29, 0.717) is 54.3 Å². The van der Waals surface area contributed by atoms with Crippen molar-refractivity contribution in [1.82, 2.24) is 19.9 Å². The number of hydrazine groups is 1. The number of benzene rings is 1. The minimum absolute atomic E-state index is 0.0840. The molecule has 3 aromatic heterocycles. The van der Waals surface area contributed by atoms with Crippen molar-refractivity contribution in [3.63, 3.8) is 0 Å². The van der Waals surface area contributed by atoms with Crippen molar-refractivity contribution in [3.05, 3.63) is 78.0 Å². The summed E-state index contributed by atoms with van der Waals surface area (Å²) in [7, 11) is 1.65. The Hall–Kier alpha value is -4.77. The summed E-state index contributed by atoms with van der Waals surface area (Å²) in [5.41, 5.74) is 7.48. The van der Waals surface area contributed by atoms with Crippen LogP contribution in [0, 0.1) is 5.41 Å². The van der Waals surface area contributed by atoms with Gasteiger partial charge in [0.25, 0.3) is 0 Å². The number of hydrogen-bond donors (Lipinski definition) is 4. The molecule has 0 atom stereocenters. The first-order chi connectivity index (χ1) is 19.8. The molecule has 0 fully saturated rings. The van der Waals surface area contributed by atoms with E-state index in [1.54, 1.807) is 32.5 Å². The first-order valence-electron chi connectivity index (χ1n) is 13.4. The van der Waals surface area contributed by atoms with Gasteiger partial charge in [-0.05, 0) is 63.6 Å². The Labute approximate surface area is 240 Å². The van der Waals surface area contributed by atoms with E-state index in [9.17, 15) is 0 Å². The Morgan fingerprint density at radius 1 is 1.05 bits per heavy atom. The van der Waals surface area contributed by atoms with Crippen LogP contribution >= 0.6 is 0 Å². The fraction of sp³-hybridized carbons (Fsp3) is 0.300. The quantitative estimate of drug-likeness (QED) is 0.100. The van der Waals surface area contributed by atoms with Gasteiger partial charge in [-0.2, -0.15) is 0 Å². The number of methoxy groups -OCH3 is 1. The van der Waals surface area contributed by atoms with Gasteiger partial charge in [0.2, 0.25) is 5.88 Å².